The molecule has 0 aromatic heterocycles. The molecule has 0 heterocycles. The molecule has 0 saturated carbocycles. The molecule has 1 aromatic rings. The Morgan fingerprint density at radius 1 is 0.762 bits per heavy atom. The highest BCUT2D eigenvalue weighted by molar-refractivity contribution is 5.90. The lowest BCUT2D eigenvalue weighted by Crippen LogP contribution is -2.42. The van der Waals surface area contributed by atoms with Crippen LogP contribution in [0.15, 0.2) is 24.3 Å². The Hall–Kier alpha value is -2.86. The summed E-state index contributed by atoms with van der Waals surface area (Å²) in [6.07, 6.45) is 3.13. The first kappa shape index (κ1) is 37.2. The first-order chi connectivity index (χ1) is 20.2. The van der Waals surface area contributed by atoms with E-state index in [9.17, 15) is 19.2 Å². The molecule has 0 aliphatic heterocycles. The van der Waals surface area contributed by atoms with Gasteiger partial charge in [-0.15, -0.1) is 0 Å². The summed E-state index contributed by atoms with van der Waals surface area (Å²) in [5, 5.41) is 8.22. The van der Waals surface area contributed by atoms with E-state index in [-0.39, 0.29) is 42.3 Å². The summed E-state index contributed by atoms with van der Waals surface area (Å²) >= 11 is 0. The minimum absolute atomic E-state index is 0.0151. The Labute approximate surface area is 251 Å². The van der Waals surface area contributed by atoms with Crippen LogP contribution in [0.2, 0.25) is 0 Å². The van der Waals surface area contributed by atoms with Gasteiger partial charge in [0.1, 0.15) is 0 Å². The average molecular weight is 592 g/mol. The predicted molar refractivity (Wildman–Crippen MR) is 161 cm³/mol. The third-order valence-corrected chi connectivity index (χ3v) is 6.33. The van der Waals surface area contributed by atoms with Crippen molar-refractivity contribution < 1.29 is 33.4 Å². The van der Waals surface area contributed by atoms with E-state index in [1.807, 2.05) is 38.1 Å². The molecule has 1 unspecified atom stereocenters. The third-order valence-electron chi connectivity index (χ3n) is 6.33. The van der Waals surface area contributed by atoms with Crippen molar-refractivity contribution in [3.05, 3.63) is 35.4 Å². The van der Waals surface area contributed by atoms with Crippen LogP contribution < -0.4 is 21.7 Å². The number of carbonyl (C=O) groups excluding carboxylic acids is 4. The molecule has 0 spiro atoms. The fourth-order valence-electron chi connectivity index (χ4n) is 3.98. The minimum Gasteiger partial charge on any atom is -0.379 e. The monoisotopic (exact) mass is 591 g/mol. The zero-order valence-corrected chi connectivity index (χ0v) is 25.6. The second kappa shape index (κ2) is 23.7. The number of amides is 3. The average Bonchev–Trinajstić information content (AvgIpc) is 2.97. The Kier molecular flexibility index (Phi) is 20.9. The lowest BCUT2D eigenvalue weighted by atomic mass is 9.95. The van der Waals surface area contributed by atoms with Gasteiger partial charge in [-0.3, -0.25) is 24.9 Å². The van der Waals surface area contributed by atoms with Gasteiger partial charge in [0.2, 0.25) is 17.7 Å². The Bertz CT molecular complexity index is 909. The van der Waals surface area contributed by atoms with Crippen LogP contribution in [0.3, 0.4) is 0 Å². The number of hydrogen-bond donors (Lipinski definition) is 3. The maximum absolute atomic E-state index is 12.9. The van der Waals surface area contributed by atoms with Crippen LogP contribution >= 0.6 is 0 Å². The number of Topliss-reactive ketones (excluding diaryl/α,β-unsaturated/α-hetero) is 1. The van der Waals surface area contributed by atoms with Crippen LogP contribution in [0.5, 0.6) is 0 Å². The van der Waals surface area contributed by atoms with E-state index in [1.54, 1.807) is 7.05 Å². The number of carbonyl (C=O) groups is 4. The van der Waals surface area contributed by atoms with Crippen LogP contribution in [0.4, 0.5) is 0 Å². The Balaban J connectivity index is 2.23. The van der Waals surface area contributed by atoms with Gasteiger partial charge >= 0.3 is 0 Å². The number of ether oxygens (including phenoxy) is 3. The summed E-state index contributed by atoms with van der Waals surface area (Å²) in [6, 6.07) is 7.03. The fourth-order valence-corrected chi connectivity index (χ4v) is 3.98. The van der Waals surface area contributed by atoms with Gasteiger partial charge < -0.3 is 30.2 Å². The maximum Gasteiger partial charge on any atom is 0.224 e. The smallest absolute Gasteiger partial charge is 0.224 e. The van der Waals surface area contributed by atoms with Gasteiger partial charge in [0.25, 0.3) is 0 Å². The van der Waals surface area contributed by atoms with E-state index in [1.165, 1.54) is 0 Å². The van der Waals surface area contributed by atoms with Gasteiger partial charge in [0, 0.05) is 52.6 Å². The van der Waals surface area contributed by atoms with Crippen molar-refractivity contribution in [1.82, 2.24) is 21.7 Å². The van der Waals surface area contributed by atoms with Crippen molar-refractivity contribution in [2.75, 3.05) is 59.8 Å². The zero-order chi connectivity index (χ0) is 31.0. The Morgan fingerprint density at radius 2 is 1.33 bits per heavy atom. The first-order valence-electron chi connectivity index (χ1n) is 15.0. The molecule has 4 N–H and O–H groups in total. The molecule has 1 atom stereocenters. The number of hydrogen-bond acceptors (Lipinski definition) is 7. The molecule has 1 rings (SSSR count). The SMILES string of the molecule is CNC(=O)Cc1ccc(CCC(=O)C(CC(C)C)NC(=O)CCC(=O)NCCCOCCOCCOCCC[NH])cc1. The summed E-state index contributed by atoms with van der Waals surface area (Å²) in [5.74, 6) is -0.395. The summed E-state index contributed by atoms with van der Waals surface area (Å²) in [6.45, 7) is 7.83. The summed E-state index contributed by atoms with van der Waals surface area (Å²) in [7, 11) is 1.60. The van der Waals surface area contributed by atoms with Crippen molar-refractivity contribution in [3.63, 3.8) is 0 Å². The third kappa shape index (κ3) is 19.3. The van der Waals surface area contributed by atoms with E-state index in [0.29, 0.717) is 84.8 Å². The second-order valence-electron chi connectivity index (χ2n) is 10.5. The molecule has 3 amide bonds. The van der Waals surface area contributed by atoms with Crippen LogP contribution in [0.25, 0.3) is 0 Å². The maximum atomic E-state index is 12.9. The van der Waals surface area contributed by atoms with E-state index in [2.05, 4.69) is 16.0 Å². The van der Waals surface area contributed by atoms with Crippen molar-refractivity contribution in [2.24, 2.45) is 5.92 Å². The highest BCUT2D eigenvalue weighted by Gasteiger charge is 2.22. The topological polar surface area (TPSA) is 156 Å². The molecule has 0 aliphatic carbocycles. The molecule has 0 bridgehead atoms. The van der Waals surface area contributed by atoms with Crippen LogP contribution in [0.1, 0.15) is 63.5 Å². The van der Waals surface area contributed by atoms with Crippen molar-refractivity contribution in [3.8, 4) is 0 Å². The van der Waals surface area contributed by atoms with Crippen molar-refractivity contribution in [2.45, 2.75) is 71.3 Å². The highest BCUT2D eigenvalue weighted by atomic mass is 16.5. The fraction of sp³-hybridized carbons (Fsp3) is 0.677. The minimum atomic E-state index is -0.588. The van der Waals surface area contributed by atoms with Gasteiger partial charge in [-0.1, -0.05) is 38.1 Å². The first-order valence-corrected chi connectivity index (χ1v) is 15.0. The van der Waals surface area contributed by atoms with Crippen LogP contribution in [-0.2, 0) is 46.2 Å². The van der Waals surface area contributed by atoms with E-state index in [0.717, 1.165) is 17.5 Å². The highest BCUT2D eigenvalue weighted by Crippen LogP contribution is 2.12. The standard InChI is InChI=1S/C31H51N4O7/c1-24(2)22-27(28(36)11-10-25-6-8-26(9-7-25)23-31(39)33-3)35-30(38)13-12-29(37)34-15-5-17-41-19-21-42-20-18-40-16-4-14-32/h6-9,24,27,32H,4-5,10-23H2,1-3H3,(H,33,39)(H,34,37)(H,35,38). The quantitative estimate of drug-likeness (QED) is 0.147. The number of ketones is 1. The molecule has 0 aliphatic rings. The molecule has 237 valence electrons. The second-order valence-corrected chi connectivity index (χ2v) is 10.5. The van der Waals surface area contributed by atoms with Crippen LogP contribution in [0, 0.1) is 5.92 Å². The van der Waals surface area contributed by atoms with Gasteiger partial charge in [0.05, 0.1) is 38.9 Å². The van der Waals surface area contributed by atoms with E-state index < -0.39 is 6.04 Å². The van der Waals surface area contributed by atoms with Gasteiger partial charge in [-0.05, 0) is 42.7 Å². The predicted octanol–water partition coefficient (Wildman–Crippen LogP) is 2.02. The van der Waals surface area contributed by atoms with Crippen molar-refractivity contribution in [1.29, 1.82) is 0 Å². The molecule has 11 heteroatoms. The molecular weight excluding hydrogens is 540 g/mol. The number of benzene rings is 1. The molecule has 1 radical (unpaired) electrons. The summed E-state index contributed by atoms with van der Waals surface area (Å²) in [4.78, 5) is 49.2. The van der Waals surface area contributed by atoms with Crippen molar-refractivity contribution >= 4 is 23.5 Å². The molecule has 11 nitrogen and oxygen atoms in total. The Morgan fingerprint density at radius 3 is 1.93 bits per heavy atom. The molecule has 0 saturated heterocycles. The van der Waals surface area contributed by atoms with Gasteiger partial charge in [-0.25, -0.2) is 0 Å². The molecular formula is C31H51N4O7. The number of nitrogens with one attached hydrogen (secondary N) is 4. The zero-order valence-electron chi connectivity index (χ0n) is 25.6. The molecule has 1 aromatic carbocycles. The normalized spacial score (nSPS) is 11.7. The lowest BCUT2D eigenvalue weighted by Gasteiger charge is -2.20. The molecule has 42 heavy (non-hydrogen) atoms. The summed E-state index contributed by atoms with van der Waals surface area (Å²) in [5.41, 5.74) is 8.92. The summed E-state index contributed by atoms with van der Waals surface area (Å²) < 4.78 is 16.2. The lowest BCUT2D eigenvalue weighted by molar-refractivity contribution is -0.129. The van der Waals surface area contributed by atoms with E-state index >= 15 is 0 Å². The number of rotatable bonds is 25. The molecule has 0 fully saturated rings. The van der Waals surface area contributed by atoms with Gasteiger partial charge in [-0.2, -0.15) is 0 Å². The van der Waals surface area contributed by atoms with E-state index in [4.69, 9.17) is 19.9 Å². The number of aryl methyl sites for hydroxylation is 1. The van der Waals surface area contributed by atoms with Crippen LogP contribution in [-0.4, -0.2) is 89.3 Å². The van der Waals surface area contributed by atoms with Gasteiger partial charge in [0.15, 0.2) is 5.78 Å². The number of likely N-dealkylation sites (N-methyl/N-ethyl adjacent to an activating group) is 1. The largest absolute Gasteiger partial charge is 0.379 e.